The molecular formula is C16H26N2O2. The number of aromatic hydroxyl groups is 1. The molecule has 2 rings (SSSR count). The van der Waals surface area contributed by atoms with Crippen molar-refractivity contribution < 1.29 is 9.84 Å². The van der Waals surface area contributed by atoms with Crippen LogP contribution in [0, 0.1) is 6.92 Å². The average molecular weight is 278 g/mol. The second kappa shape index (κ2) is 6.55. The molecule has 0 amide bonds. The van der Waals surface area contributed by atoms with Crippen molar-refractivity contribution in [3.8, 4) is 5.75 Å². The molecule has 1 unspecified atom stereocenters. The van der Waals surface area contributed by atoms with Gasteiger partial charge in [-0.3, -0.25) is 4.98 Å². The predicted octanol–water partition coefficient (Wildman–Crippen LogP) is 2.92. The van der Waals surface area contributed by atoms with Crippen molar-refractivity contribution in [1.29, 1.82) is 0 Å². The molecule has 0 saturated carbocycles. The van der Waals surface area contributed by atoms with E-state index in [0.29, 0.717) is 12.6 Å². The molecule has 0 aromatic carbocycles. The molecule has 1 aromatic rings. The Morgan fingerprint density at radius 3 is 2.85 bits per heavy atom. The van der Waals surface area contributed by atoms with Crippen LogP contribution in [0.4, 0.5) is 0 Å². The number of aryl methyl sites for hydroxylation is 1. The topological polar surface area (TPSA) is 54.4 Å². The third-order valence-electron chi connectivity index (χ3n) is 4.43. The predicted molar refractivity (Wildman–Crippen MR) is 79.8 cm³/mol. The third kappa shape index (κ3) is 3.49. The van der Waals surface area contributed by atoms with E-state index >= 15 is 0 Å². The smallest absolute Gasteiger partial charge is 0.138 e. The van der Waals surface area contributed by atoms with Crippen molar-refractivity contribution >= 4 is 0 Å². The van der Waals surface area contributed by atoms with E-state index in [0.717, 1.165) is 43.7 Å². The zero-order valence-electron chi connectivity index (χ0n) is 12.8. The molecule has 1 aliphatic heterocycles. The highest BCUT2D eigenvalue weighted by Gasteiger charge is 2.34. The molecule has 1 saturated heterocycles. The summed E-state index contributed by atoms with van der Waals surface area (Å²) >= 11 is 0. The minimum absolute atomic E-state index is 0.0258. The van der Waals surface area contributed by atoms with Gasteiger partial charge < -0.3 is 15.2 Å². The average Bonchev–Trinajstić information content (AvgIpc) is 2.48. The fourth-order valence-corrected chi connectivity index (χ4v) is 2.92. The molecule has 0 aliphatic carbocycles. The fraction of sp³-hybridized carbons (Fsp3) is 0.688. The summed E-state index contributed by atoms with van der Waals surface area (Å²) in [5.74, 6) is 0.271. The van der Waals surface area contributed by atoms with E-state index in [1.165, 1.54) is 0 Å². The van der Waals surface area contributed by atoms with Gasteiger partial charge >= 0.3 is 0 Å². The van der Waals surface area contributed by atoms with Gasteiger partial charge in [0.25, 0.3) is 0 Å². The summed E-state index contributed by atoms with van der Waals surface area (Å²) in [6.45, 7) is 7.75. The third-order valence-corrected chi connectivity index (χ3v) is 4.43. The van der Waals surface area contributed by atoms with Crippen molar-refractivity contribution in [3.63, 3.8) is 0 Å². The Labute approximate surface area is 121 Å². The van der Waals surface area contributed by atoms with Crippen LogP contribution in [0.2, 0.25) is 0 Å². The van der Waals surface area contributed by atoms with E-state index in [9.17, 15) is 5.11 Å². The first-order chi connectivity index (χ1) is 9.58. The molecule has 1 aromatic heterocycles. The normalized spacial score (nSPS) is 21.9. The number of ether oxygens (including phenoxy) is 1. The standard InChI is InChI=1S/C16H26N2O2/c1-4-16(5-2)10-13(8-9-20-16)17-11-14-15(19)7-6-12(3)18-14/h6-7,13,17,19H,4-5,8-11H2,1-3H3. The van der Waals surface area contributed by atoms with Crippen LogP contribution in [0.3, 0.4) is 0 Å². The van der Waals surface area contributed by atoms with Gasteiger partial charge in [0.1, 0.15) is 5.75 Å². The van der Waals surface area contributed by atoms with Crippen LogP contribution in [-0.2, 0) is 11.3 Å². The Hall–Kier alpha value is -1.13. The van der Waals surface area contributed by atoms with Crippen LogP contribution in [0.15, 0.2) is 12.1 Å². The van der Waals surface area contributed by atoms with Gasteiger partial charge in [0.2, 0.25) is 0 Å². The largest absolute Gasteiger partial charge is 0.506 e. The zero-order valence-corrected chi connectivity index (χ0v) is 12.8. The molecule has 1 atom stereocenters. The molecule has 2 N–H and O–H groups in total. The van der Waals surface area contributed by atoms with Crippen molar-refractivity contribution in [3.05, 3.63) is 23.5 Å². The molecular weight excluding hydrogens is 252 g/mol. The first-order valence-electron chi connectivity index (χ1n) is 7.61. The van der Waals surface area contributed by atoms with Crippen molar-refractivity contribution in [2.45, 2.75) is 64.6 Å². The van der Waals surface area contributed by atoms with Crippen LogP contribution >= 0.6 is 0 Å². The molecule has 4 nitrogen and oxygen atoms in total. The lowest BCUT2D eigenvalue weighted by Crippen LogP contribution is -2.46. The molecule has 4 heteroatoms. The second-order valence-electron chi connectivity index (χ2n) is 5.73. The van der Waals surface area contributed by atoms with Gasteiger partial charge in [-0.15, -0.1) is 0 Å². The number of hydrogen-bond donors (Lipinski definition) is 2. The van der Waals surface area contributed by atoms with E-state index < -0.39 is 0 Å². The SMILES string of the molecule is CCC1(CC)CC(NCc2nc(C)ccc2O)CCO1. The van der Waals surface area contributed by atoms with E-state index in [2.05, 4.69) is 24.1 Å². The lowest BCUT2D eigenvalue weighted by atomic mass is 9.86. The number of rotatable bonds is 5. The maximum atomic E-state index is 9.83. The highest BCUT2D eigenvalue weighted by atomic mass is 16.5. The summed E-state index contributed by atoms with van der Waals surface area (Å²) in [6.07, 6.45) is 4.16. The van der Waals surface area contributed by atoms with Crippen LogP contribution < -0.4 is 5.32 Å². The molecule has 0 radical (unpaired) electrons. The Morgan fingerprint density at radius 2 is 2.15 bits per heavy atom. The summed E-state index contributed by atoms with van der Waals surface area (Å²) in [6, 6.07) is 3.98. The van der Waals surface area contributed by atoms with Crippen LogP contribution in [0.1, 0.15) is 50.9 Å². The maximum Gasteiger partial charge on any atom is 0.138 e. The Bertz CT molecular complexity index is 444. The highest BCUT2D eigenvalue weighted by molar-refractivity contribution is 5.27. The first-order valence-corrected chi connectivity index (χ1v) is 7.61. The second-order valence-corrected chi connectivity index (χ2v) is 5.73. The van der Waals surface area contributed by atoms with Gasteiger partial charge in [0, 0.05) is 24.9 Å². The number of aromatic nitrogens is 1. The Morgan fingerprint density at radius 1 is 1.40 bits per heavy atom. The molecule has 1 fully saturated rings. The summed E-state index contributed by atoms with van der Waals surface area (Å²) in [5.41, 5.74) is 1.69. The van der Waals surface area contributed by atoms with Gasteiger partial charge in [0.05, 0.1) is 11.3 Å². The van der Waals surface area contributed by atoms with E-state index in [1.807, 2.05) is 13.0 Å². The first kappa shape index (κ1) is 15.3. The van der Waals surface area contributed by atoms with Gasteiger partial charge in [-0.1, -0.05) is 13.8 Å². The summed E-state index contributed by atoms with van der Waals surface area (Å²) < 4.78 is 5.98. The van der Waals surface area contributed by atoms with Gasteiger partial charge in [0.15, 0.2) is 0 Å². The minimum Gasteiger partial charge on any atom is -0.506 e. The number of pyridine rings is 1. The molecule has 2 heterocycles. The lowest BCUT2D eigenvalue weighted by molar-refractivity contribution is -0.0932. The van der Waals surface area contributed by atoms with Crippen LogP contribution in [0.5, 0.6) is 5.75 Å². The zero-order chi connectivity index (χ0) is 14.6. The van der Waals surface area contributed by atoms with Crippen molar-refractivity contribution in [1.82, 2.24) is 10.3 Å². The van der Waals surface area contributed by atoms with E-state index in [4.69, 9.17) is 4.74 Å². The van der Waals surface area contributed by atoms with Gasteiger partial charge in [-0.2, -0.15) is 0 Å². The molecule has 112 valence electrons. The van der Waals surface area contributed by atoms with Crippen LogP contribution in [0.25, 0.3) is 0 Å². The number of nitrogens with zero attached hydrogens (tertiary/aromatic N) is 1. The number of nitrogens with one attached hydrogen (secondary N) is 1. The molecule has 0 spiro atoms. The van der Waals surface area contributed by atoms with Gasteiger partial charge in [-0.25, -0.2) is 0 Å². The lowest BCUT2D eigenvalue weighted by Gasteiger charge is -2.40. The fourth-order valence-electron chi connectivity index (χ4n) is 2.92. The monoisotopic (exact) mass is 278 g/mol. The maximum absolute atomic E-state index is 9.83. The molecule has 20 heavy (non-hydrogen) atoms. The Kier molecular flexibility index (Phi) is 5.00. The van der Waals surface area contributed by atoms with E-state index in [-0.39, 0.29) is 11.4 Å². The van der Waals surface area contributed by atoms with Gasteiger partial charge in [-0.05, 0) is 44.7 Å². The van der Waals surface area contributed by atoms with Crippen molar-refractivity contribution in [2.24, 2.45) is 0 Å². The molecule has 1 aliphatic rings. The van der Waals surface area contributed by atoms with Crippen LogP contribution in [-0.4, -0.2) is 28.3 Å². The summed E-state index contributed by atoms with van der Waals surface area (Å²) in [5, 5.41) is 13.4. The Balaban J connectivity index is 1.95. The summed E-state index contributed by atoms with van der Waals surface area (Å²) in [4.78, 5) is 4.39. The van der Waals surface area contributed by atoms with E-state index in [1.54, 1.807) is 6.07 Å². The quantitative estimate of drug-likeness (QED) is 0.869. The molecule has 0 bridgehead atoms. The summed E-state index contributed by atoms with van der Waals surface area (Å²) in [7, 11) is 0. The number of hydrogen-bond acceptors (Lipinski definition) is 4. The van der Waals surface area contributed by atoms with Crippen molar-refractivity contribution in [2.75, 3.05) is 6.61 Å². The highest BCUT2D eigenvalue weighted by Crippen LogP contribution is 2.31. The minimum atomic E-state index is 0.0258.